The number of nitrogens with two attached hydrogens (primary N) is 1. The standard InChI is InChI=1S/C13H17N3O3S/c14-11(18)12-15-9-1-3-16(4-2-10(9)20-12)13(19)7-5-8(17)6-7/h7-8,17H,1-6H2,(H2,14,18). The van der Waals surface area contributed by atoms with Crippen LogP contribution in [0.5, 0.6) is 0 Å². The number of nitrogens with zero attached hydrogens (tertiary/aromatic N) is 2. The molecule has 0 unspecified atom stereocenters. The lowest BCUT2D eigenvalue weighted by Crippen LogP contribution is -2.44. The van der Waals surface area contributed by atoms with Gasteiger partial charge < -0.3 is 15.7 Å². The van der Waals surface area contributed by atoms with Gasteiger partial charge in [0, 0.05) is 36.7 Å². The Kier molecular flexibility index (Phi) is 3.47. The minimum atomic E-state index is -0.487. The van der Waals surface area contributed by atoms with Crippen molar-refractivity contribution in [2.75, 3.05) is 13.1 Å². The first-order valence-electron chi connectivity index (χ1n) is 6.80. The van der Waals surface area contributed by atoms with Crippen LogP contribution in [-0.4, -0.2) is 46.0 Å². The van der Waals surface area contributed by atoms with Gasteiger partial charge in [-0.1, -0.05) is 0 Å². The smallest absolute Gasteiger partial charge is 0.277 e. The second kappa shape index (κ2) is 5.14. The molecular weight excluding hydrogens is 278 g/mol. The first-order valence-corrected chi connectivity index (χ1v) is 7.61. The van der Waals surface area contributed by atoms with Crippen molar-refractivity contribution >= 4 is 23.2 Å². The highest BCUT2D eigenvalue weighted by Crippen LogP contribution is 2.30. The number of rotatable bonds is 2. The van der Waals surface area contributed by atoms with Gasteiger partial charge in [0.05, 0.1) is 11.8 Å². The average Bonchev–Trinajstić information content (AvgIpc) is 2.69. The van der Waals surface area contributed by atoms with E-state index in [1.165, 1.54) is 11.3 Å². The van der Waals surface area contributed by atoms with Crippen LogP contribution < -0.4 is 5.73 Å². The molecule has 3 N–H and O–H groups in total. The van der Waals surface area contributed by atoms with Crippen molar-refractivity contribution in [3.63, 3.8) is 0 Å². The molecule has 6 nitrogen and oxygen atoms in total. The van der Waals surface area contributed by atoms with E-state index in [1.54, 1.807) is 0 Å². The first-order chi connectivity index (χ1) is 9.54. The summed E-state index contributed by atoms with van der Waals surface area (Å²) in [5.41, 5.74) is 6.14. The molecule has 3 rings (SSSR count). The molecule has 1 aromatic heterocycles. The Bertz CT molecular complexity index is 526. The lowest BCUT2D eigenvalue weighted by Gasteiger charge is -2.34. The molecule has 2 heterocycles. The molecule has 2 amide bonds. The van der Waals surface area contributed by atoms with Crippen LogP contribution in [0.1, 0.15) is 33.2 Å². The van der Waals surface area contributed by atoms with Gasteiger partial charge in [-0.2, -0.15) is 0 Å². The molecule has 20 heavy (non-hydrogen) atoms. The third-order valence-corrected chi connectivity index (χ3v) is 5.16. The minimum absolute atomic E-state index is 0.0183. The largest absolute Gasteiger partial charge is 0.393 e. The number of aliphatic hydroxyl groups is 1. The van der Waals surface area contributed by atoms with Gasteiger partial charge in [0.1, 0.15) is 0 Å². The zero-order chi connectivity index (χ0) is 14.3. The molecule has 0 saturated heterocycles. The van der Waals surface area contributed by atoms with Crippen molar-refractivity contribution in [3.05, 3.63) is 15.6 Å². The van der Waals surface area contributed by atoms with Crippen LogP contribution in [-0.2, 0) is 17.6 Å². The second-order valence-electron chi connectivity index (χ2n) is 5.40. The number of aliphatic hydroxyl groups excluding tert-OH is 1. The van der Waals surface area contributed by atoms with E-state index in [4.69, 9.17) is 5.73 Å². The fourth-order valence-electron chi connectivity index (χ4n) is 2.74. The molecule has 1 aliphatic carbocycles. The first kappa shape index (κ1) is 13.5. The molecule has 2 aliphatic rings. The molecule has 0 bridgehead atoms. The molecule has 1 fully saturated rings. The predicted octanol–water partition coefficient (Wildman–Crippen LogP) is -0.0599. The zero-order valence-electron chi connectivity index (χ0n) is 11.0. The second-order valence-corrected chi connectivity index (χ2v) is 6.48. The van der Waals surface area contributed by atoms with Crippen LogP contribution in [0.3, 0.4) is 0 Å². The third kappa shape index (κ3) is 2.43. The van der Waals surface area contributed by atoms with Crippen molar-refractivity contribution in [1.29, 1.82) is 0 Å². The highest BCUT2D eigenvalue weighted by atomic mass is 32.1. The Morgan fingerprint density at radius 2 is 2.00 bits per heavy atom. The summed E-state index contributed by atoms with van der Waals surface area (Å²) in [7, 11) is 0. The maximum Gasteiger partial charge on any atom is 0.277 e. The summed E-state index contributed by atoms with van der Waals surface area (Å²) in [5.74, 6) is -0.365. The van der Waals surface area contributed by atoms with Crippen molar-refractivity contribution in [1.82, 2.24) is 9.88 Å². The van der Waals surface area contributed by atoms with Gasteiger partial charge in [0.15, 0.2) is 5.01 Å². The van der Waals surface area contributed by atoms with Gasteiger partial charge in [-0.25, -0.2) is 4.98 Å². The summed E-state index contributed by atoms with van der Waals surface area (Å²) in [6.07, 6.45) is 2.25. The fraction of sp³-hybridized carbons (Fsp3) is 0.615. The fourth-order valence-corrected chi connectivity index (χ4v) is 3.69. The number of hydrogen-bond donors (Lipinski definition) is 2. The maximum atomic E-state index is 12.3. The van der Waals surface area contributed by atoms with Crippen LogP contribution in [0.2, 0.25) is 0 Å². The van der Waals surface area contributed by atoms with Crippen LogP contribution >= 0.6 is 11.3 Å². The molecule has 0 atom stereocenters. The Hall–Kier alpha value is -1.47. The topological polar surface area (TPSA) is 96.5 Å². The Morgan fingerprint density at radius 1 is 1.30 bits per heavy atom. The number of carbonyl (C=O) groups excluding carboxylic acids is 2. The molecule has 7 heteroatoms. The SMILES string of the molecule is NC(=O)c1nc2c(s1)CCN(C(=O)C1CC(O)C1)CC2. The van der Waals surface area contributed by atoms with E-state index < -0.39 is 5.91 Å². The predicted molar refractivity (Wildman–Crippen MR) is 73.4 cm³/mol. The summed E-state index contributed by atoms with van der Waals surface area (Å²) < 4.78 is 0. The number of thiazole rings is 1. The molecule has 1 aromatic rings. The normalized spacial score (nSPS) is 25.6. The van der Waals surface area contributed by atoms with Crippen LogP contribution in [0.25, 0.3) is 0 Å². The van der Waals surface area contributed by atoms with Crippen molar-refractivity contribution in [2.45, 2.75) is 31.8 Å². The van der Waals surface area contributed by atoms with E-state index >= 15 is 0 Å². The number of primary amides is 1. The summed E-state index contributed by atoms with van der Waals surface area (Å²) in [6, 6.07) is 0. The molecular formula is C13H17N3O3S. The van der Waals surface area contributed by atoms with Gasteiger partial charge >= 0.3 is 0 Å². The Labute approximate surface area is 120 Å². The van der Waals surface area contributed by atoms with Gasteiger partial charge in [-0.15, -0.1) is 11.3 Å². The summed E-state index contributed by atoms with van der Waals surface area (Å²) in [4.78, 5) is 30.6. The van der Waals surface area contributed by atoms with E-state index in [-0.39, 0.29) is 17.9 Å². The van der Waals surface area contributed by atoms with Gasteiger partial charge in [-0.05, 0) is 12.8 Å². The maximum absolute atomic E-state index is 12.3. The average molecular weight is 295 g/mol. The highest BCUT2D eigenvalue weighted by molar-refractivity contribution is 7.13. The van der Waals surface area contributed by atoms with Crippen LogP contribution in [0.15, 0.2) is 0 Å². The lowest BCUT2D eigenvalue weighted by molar-refractivity contribution is -0.142. The van der Waals surface area contributed by atoms with Crippen LogP contribution in [0, 0.1) is 5.92 Å². The van der Waals surface area contributed by atoms with Crippen molar-refractivity contribution < 1.29 is 14.7 Å². The molecule has 108 valence electrons. The number of carbonyl (C=O) groups is 2. The van der Waals surface area contributed by atoms with E-state index in [2.05, 4.69) is 4.98 Å². The molecule has 1 aliphatic heterocycles. The van der Waals surface area contributed by atoms with E-state index in [9.17, 15) is 14.7 Å². The Balaban J connectivity index is 1.66. The Morgan fingerprint density at radius 3 is 2.65 bits per heavy atom. The third-order valence-electron chi connectivity index (χ3n) is 3.99. The number of hydrogen-bond acceptors (Lipinski definition) is 5. The van der Waals surface area contributed by atoms with Gasteiger partial charge in [0.25, 0.3) is 5.91 Å². The molecule has 0 radical (unpaired) electrons. The molecule has 0 aromatic carbocycles. The van der Waals surface area contributed by atoms with E-state index in [0.717, 1.165) is 17.0 Å². The zero-order valence-corrected chi connectivity index (χ0v) is 11.9. The highest BCUT2D eigenvalue weighted by Gasteiger charge is 2.36. The van der Waals surface area contributed by atoms with Crippen molar-refractivity contribution in [2.24, 2.45) is 11.7 Å². The van der Waals surface area contributed by atoms with Crippen LogP contribution in [0.4, 0.5) is 0 Å². The number of aromatic nitrogens is 1. The lowest BCUT2D eigenvalue weighted by atomic mass is 9.81. The van der Waals surface area contributed by atoms with Crippen molar-refractivity contribution in [3.8, 4) is 0 Å². The number of amides is 2. The molecule has 0 spiro atoms. The van der Waals surface area contributed by atoms with Gasteiger partial charge in [0.2, 0.25) is 5.91 Å². The monoisotopic (exact) mass is 295 g/mol. The summed E-state index contributed by atoms with van der Waals surface area (Å²) >= 11 is 1.34. The summed E-state index contributed by atoms with van der Waals surface area (Å²) in [6.45, 7) is 1.28. The quantitative estimate of drug-likeness (QED) is 0.799. The van der Waals surface area contributed by atoms with Gasteiger partial charge in [-0.3, -0.25) is 9.59 Å². The van der Waals surface area contributed by atoms with E-state index in [1.807, 2.05) is 4.90 Å². The number of fused-ring (bicyclic) bond motifs is 1. The molecule has 1 saturated carbocycles. The van der Waals surface area contributed by atoms with E-state index in [0.29, 0.717) is 37.4 Å². The minimum Gasteiger partial charge on any atom is -0.393 e. The summed E-state index contributed by atoms with van der Waals surface area (Å²) in [5, 5.41) is 9.65.